The normalized spacial score (nSPS) is 21.0. The molecule has 0 spiro atoms. The highest BCUT2D eigenvalue weighted by atomic mass is 79.9. The Morgan fingerprint density at radius 2 is 1.63 bits per heavy atom. The molecular formula is C34H26Br3ClN2O6. The van der Waals surface area contributed by atoms with Crippen LogP contribution in [0, 0.1) is 18.8 Å². The van der Waals surface area contributed by atoms with Crippen molar-refractivity contribution >= 4 is 99.5 Å². The van der Waals surface area contributed by atoms with Gasteiger partial charge in [-0.05, 0) is 77.7 Å². The molecule has 2 aliphatic rings. The van der Waals surface area contributed by atoms with E-state index in [-0.39, 0.29) is 44.7 Å². The van der Waals surface area contributed by atoms with E-state index < -0.39 is 12.6 Å². The maximum absolute atomic E-state index is 13.5. The van der Waals surface area contributed by atoms with E-state index in [0.717, 1.165) is 0 Å². The van der Waals surface area contributed by atoms with E-state index in [2.05, 4.69) is 47.8 Å². The Kier molecular flexibility index (Phi) is 9.40. The number of hydrogen-bond acceptors (Lipinski definition) is 7. The summed E-state index contributed by atoms with van der Waals surface area (Å²) in [6, 6.07) is 16.8. The van der Waals surface area contributed by atoms with Crippen molar-refractivity contribution in [3.8, 4) is 17.0 Å². The van der Waals surface area contributed by atoms with Gasteiger partial charge < -0.3 is 9.47 Å². The molecule has 0 bridgehead atoms. The Labute approximate surface area is 295 Å². The highest BCUT2D eigenvalue weighted by Crippen LogP contribution is 2.44. The number of aromatic nitrogens is 1. The number of anilines is 1. The quantitative estimate of drug-likeness (QED) is 0.0803. The topological polar surface area (TPSA) is 103 Å². The first-order valence-electron chi connectivity index (χ1n) is 14.4. The van der Waals surface area contributed by atoms with Crippen LogP contribution in [0.4, 0.5) is 5.69 Å². The number of imide groups is 1. The number of methoxy groups -OCH3 is 1. The number of esters is 1. The molecule has 0 N–H and O–H groups in total. The number of rotatable bonds is 7. The SMILES string of the molecule is COc1cccc(C(=O)COC(=O)c2cc(-c3ccc(N4C(=O)C5CC(Br)C(Br)CC5C4=O)cc3)nc3c(C)c(Cl)c(Br)cc23)c1. The first-order valence-corrected chi connectivity index (χ1v) is 17.4. The number of carbonyl (C=O) groups excluding carboxylic acids is 4. The Balaban J connectivity index is 1.31. The van der Waals surface area contributed by atoms with Crippen LogP contribution in [0.5, 0.6) is 5.75 Å². The molecule has 1 saturated carbocycles. The molecule has 6 rings (SSSR count). The number of Topliss-reactive ketones (excluding diaryl/α,β-unsaturated/α-hetero) is 1. The second-order valence-electron chi connectivity index (χ2n) is 11.3. The van der Waals surface area contributed by atoms with Gasteiger partial charge in [0.05, 0.1) is 46.4 Å². The number of fused-ring (bicyclic) bond motifs is 2. The smallest absolute Gasteiger partial charge is 0.339 e. The van der Waals surface area contributed by atoms with Crippen molar-refractivity contribution in [2.24, 2.45) is 11.8 Å². The Morgan fingerprint density at radius 3 is 2.26 bits per heavy atom. The number of nitrogens with zero attached hydrogens (tertiary/aromatic N) is 2. The van der Waals surface area contributed by atoms with E-state index >= 15 is 0 Å². The number of halogens is 4. The van der Waals surface area contributed by atoms with E-state index in [1.807, 2.05) is 0 Å². The second kappa shape index (κ2) is 13.2. The predicted octanol–water partition coefficient (Wildman–Crippen LogP) is 8.10. The number of aryl methyl sites for hydroxylation is 1. The number of pyridine rings is 1. The second-order valence-corrected chi connectivity index (χ2v) is 14.8. The number of ketones is 1. The van der Waals surface area contributed by atoms with Gasteiger partial charge in [-0.25, -0.2) is 9.78 Å². The summed E-state index contributed by atoms with van der Waals surface area (Å²) in [6.07, 6.45) is 1.17. The summed E-state index contributed by atoms with van der Waals surface area (Å²) in [5, 5.41) is 0.947. The maximum Gasteiger partial charge on any atom is 0.339 e. The fourth-order valence-electron chi connectivity index (χ4n) is 6.00. The van der Waals surface area contributed by atoms with Gasteiger partial charge in [0.1, 0.15) is 5.75 Å². The number of benzene rings is 3. The van der Waals surface area contributed by atoms with E-state index in [9.17, 15) is 19.2 Å². The van der Waals surface area contributed by atoms with Gasteiger partial charge in [-0.2, -0.15) is 0 Å². The number of hydrogen-bond donors (Lipinski definition) is 0. The van der Waals surface area contributed by atoms with Crippen molar-refractivity contribution in [1.29, 1.82) is 0 Å². The largest absolute Gasteiger partial charge is 0.497 e. The summed E-state index contributed by atoms with van der Waals surface area (Å²) in [4.78, 5) is 59.3. The standard InChI is InChI=1S/C34H26Br3ClN2O6/c1-16-30(38)27(37)11-21-24(34(44)46-15-29(41)18-4-3-5-20(10-18)45-2)14-28(39-31(16)21)17-6-8-19(9-7-17)40-32(42)22-12-25(35)26(36)13-23(22)33(40)43/h3-11,14,22-23,25-26H,12-13,15H2,1-2H3. The third kappa shape index (κ3) is 6.03. The van der Waals surface area contributed by atoms with Crippen LogP contribution in [0.15, 0.2) is 65.1 Å². The van der Waals surface area contributed by atoms with Crippen molar-refractivity contribution in [3.05, 3.63) is 86.8 Å². The van der Waals surface area contributed by atoms with Crippen molar-refractivity contribution in [2.75, 3.05) is 18.6 Å². The molecule has 236 valence electrons. The molecule has 1 aliphatic heterocycles. The molecule has 1 saturated heterocycles. The first-order chi connectivity index (χ1) is 22.0. The number of ether oxygens (including phenoxy) is 2. The van der Waals surface area contributed by atoms with Gasteiger partial charge >= 0.3 is 5.97 Å². The fourth-order valence-corrected chi connectivity index (χ4v) is 7.90. The Bertz CT molecular complexity index is 1890. The van der Waals surface area contributed by atoms with E-state index in [1.54, 1.807) is 67.6 Å². The van der Waals surface area contributed by atoms with Crippen molar-refractivity contribution in [3.63, 3.8) is 0 Å². The lowest BCUT2D eigenvalue weighted by molar-refractivity contribution is -0.122. The molecule has 4 atom stereocenters. The molecule has 0 radical (unpaired) electrons. The number of alkyl halides is 2. The van der Waals surface area contributed by atoms with Crippen LogP contribution < -0.4 is 9.64 Å². The van der Waals surface area contributed by atoms with E-state index in [4.69, 9.17) is 26.1 Å². The molecule has 2 fully saturated rings. The van der Waals surface area contributed by atoms with Crippen LogP contribution in [-0.4, -0.2) is 51.9 Å². The molecule has 1 aromatic heterocycles. The van der Waals surface area contributed by atoms with Crippen molar-refractivity contribution < 1.29 is 28.7 Å². The fraction of sp³-hybridized carbons (Fsp3) is 0.265. The van der Waals surface area contributed by atoms with Gasteiger partial charge in [0.15, 0.2) is 12.4 Å². The zero-order valence-electron chi connectivity index (χ0n) is 24.6. The number of carbonyl (C=O) groups is 4. The summed E-state index contributed by atoms with van der Waals surface area (Å²) in [6.45, 7) is 1.33. The lowest BCUT2D eigenvalue weighted by Gasteiger charge is -2.29. The zero-order chi connectivity index (χ0) is 32.9. The highest BCUT2D eigenvalue weighted by Gasteiger charge is 2.52. The van der Waals surface area contributed by atoms with Crippen LogP contribution in [0.1, 0.15) is 39.1 Å². The first kappa shape index (κ1) is 32.8. The lowest BCUT2D eigenvalue weighted by Crippen LogP contribution is -2.34. The van der Waals surface area contributed by atoms with Gasteiger partial charge in [0, 0.05) is 30.6 Å². The van der Waals surface area contributed by atoms with Crippen LogP contribution in [0.3, 0.4) is 0 Å². The van der Waals surface area contributed by atoms with Crippen molar-refractivity contribution in [2.45, 2.75) is 29.4 Å². The van der Waals surface area contributed by atoms with E-state index in [0.29, 0.717) is 67.1 Å². The summed E-state index contributed by atoms with van der Waals surface area (Å²) in [5.74, 6) is -1.68. The molecule has 1 aliphatic carbocycles. The average molecular weight is 834 g/mol. The highest BCUT2D eigenvalue weighted by molar-refractivity contribution is 9.12. The van der Waals surface area contributed by atoms with Gasteiger partial charge in [-0.1, -0.05) is 67.7 Å². The molecule has 2 heterocycles. The third-order valence-electron chi connectivity index (χ3n) is 8.50. The third-order valence-corrected chi connectivity index (χ3v) is 12.6. The predicted molar refractivity (Wildman–Crippen MR) is 186 cm³/mol. The minimum absolute atomic E-state index is 0.116. The van der Waals surface area contributed by atoms with Crippen molar-refractivity contribution in [1.82, 2.24) is 4.98 Å². The van der Waals surface area contributed by atoms with Gasteiger partial charge in [-0.3, -0.25) is 19.3 Å². The molecule has 8 nitrogen and oxygen atoms in total. The summed E-state index contributed by atoms with van der Waals surface area (Å²) in [7, 11) is 1.50. The molecule has 2 amide bonds. The summed E-state index contributed by atoms with van der Waals surface area (Å²) in [5.41, 5.74) is 3.26. The maximum atomic E-state index is 13.5. The van der Waals surface area contributed by atoms with Crippen LogP contribution >= 0.6 is 59.4 Å². The lowest BCUT2D eigenvalue weighted by atomic mass is 9.81. The summed E-state index contributed by atoms with van der Waals surface area (Å²) < 4.78 is 11.3. The van der Waals surface area contributed by atoms with Crippen LogP contribution in [-0.2, 0) is 14.3 Å². The average Bonchev–Trinajstić information content (AvgIpc) is 3.30. The number of amides is 2. The van der Waals surface area contributed by atoms with Gasteiger partial charge in [0.2, 0.25) is 11.8 Å². The molecule has 4 unspecified atom stereocenters. The molecule has 4 aromatic rings. The van der Waals surface area contributed by atoms with Gasteiger partial charge in [-0.15, -0.1) is 0 Å². The minimum atomic E-state index is -0.707. The minimum Gasteiger partial charge on any atom is -0.497 e. The molecule has 46 heavy (non-hydrogen) atoms. The Hall–Kier alpha value is -3.12. The van der Waals surface area contributed by atoms with Crippen LogP contribution in [0.2, 0.25) is 5.02 Å². The zero-order valence-corrected chi connectivity index (χ0v) is 30.1. The van der Waals surface area contributed by atoms with Crippen LogP contribution in [0.25, 0.3) is 22.2 Å². The summed E-state index contributed by atoms with van der Waals surface area (Å²) >= 11 is 17.3. The Morgan fingerprint density at radius 1 is 0.978 bits per heavy atom. The molecule has 3 aromatic carbocycles. The van der Waals surface area contributed by atoms with Gasteiger partial charge in [0.25, 0.3) is 0 Å². The monoisotopic (exact) mass is 830 g/mol. The van der Waals surface area contributed by atoms with E-state index in [1.165, 1.54) is 12.0 Å². The molecule has 12 heteroatoms. The molecular weight excluding hydrogens is 808 g/mol.